The lowest BCUT2D eigenvalue weighted by atomic mass is 9.95. The van der Waals surface area contributed by atoms with Crippen LogP contribution in [-0.4, -0.2) is 40.9 Å². The van der Waals surface area contributed by atoms with Gasteiger partial charge in [0.05, 0.1) is 6.54 Å². The molecule has 5 heteroatoms. The first kappa shape index (κ1) is 20.8. The Labute approximate surface area is 162 Å². The van der Waals surface area contributed by atoms with Gasteiger partial charge in [0, 0.05) is 31.7 Å². The molecule has 0 saturated carbocycles. The van der Waals surface area contributed by atoms with Crippen LogP contribution in [0.4, 0.5) is 0 Å². The lowest BCUT2D eigenvalue weighted by Crippen LogP contribution is -2.42. The number of hydrogen-bond acceptors (Lipinski definition) is 2. The molecule has 1 aromatic heterocycles. The molecule has 1 saturated heterocycles. The second-order valence-corrected chi connectivity index (χ2v) is 7.12. The van der Waals surface area contributed by atoms with E-state index in [0.717, 1.165) is 38.8 Å². The van der Waals surface area contributed by atoms with Gasteiger partial charge in [0.25, 0.3) is 5.91 Å². The van der Waals surface area contributed by atoms with Crippen LogP contribution in [0.15, 0.2) is 30.5 Å². The number of likely N-dealkylation sites (tertiary alicyclic amines) is 1. The topological polar surface area (TPSA) is 54.3 Å². The molecule has 1 aliphatic rings. The van der Waals surface area contributed by atoms with Crippen molar-refractivity contribution < 1.29 is 9.59 Å². The lowest BCUT2D eigenvalue weighted by Gasteiger charge is -2.32. The number of nitrogens with zero attached hydrogens (tertiary/aromatic N) is 2. The van der Waals surface area contributed by atoms with Crippen LogP contribution in [0, 0.1) is 24.2 Å². The van der Waals surface area contributed by atoms with E-state index in [1.165, 1.54) is 0 Å². The molecule has 1 aromatic rings. The maximum absolute atomic E-state index is 12.7. The SMILES string of the molecule is C#CCn1cccc1C(=O)N1CCC(CNC(=O)C(CC)C/C=C/C)CC1. The summed E-state index contributed by atoms with van der Waals surface area (Å²) in [7, 11) is 0. The van der Waals surface area contributed by atoms with Crippen molar-refractivity contribution >= 4 is 11.8 Å². The summed E-state index contributed by atoms with van der Waals surface area (Å²) in [4.78, 5) is 26.9. The van der Waals surface area contributed by atoms with Crippen molar-refractivity contribution in [3.8, 4) is 12.3 Å². The first-order chi connectivity index (χ1) is 13.1. The Bertz CT molecular complexity index is 691. The van der Waals surface area contributed by atoms with Gasteiger partial charge in [-0.25, -0.2) is 0 Å². The third-order valence-corrected chi connectivity index (χ3v) is 5.30. The minimum absolute atomic E-state index is 0.0372. The Balaban J connectivity index is 1.80. The van der Waals surface area contributed by atoms with Crippen LogP contribution >= 0.6 is 0 Å². The number of piperidine rings is 1. The monoisotopic (exact) mass is 369 g/mol. The standard InChI is InChI=1S/C22H31N3O2/c1-4-7-9-19(6-3)21(26)23-17-18-11-15-25(16-12-18)22(27)20-10-8-14-24(20)13-5-2/h2,4,7-8,10,14,18-19H,6,9,11-13,15-17H2,1,3H3,(H,23,26)/b7-4+. The largest absolute Gasteiger partial charge is 0.356 e. The second kappa shape index (κ2) is 10.6. The minimum Gasteiger partial charge on any atom is -0.356 e. The zero-order valence-electron chi connectivity index (χ0n) is 16.5. The number of carbonyl (C=O) groups is 2. The number of amides is 2. The highest BCUT2D eigenvalue weighted by Crippen LogP contribution is 2.19. The zero-order chi connectivity index (χ0) is 19.6. The molecule has 2 rings (SSSR count). The zero-order valence-corrected chi connectivity index (χ0v) is 16.5. The van der Waals surface area contributed by atoms with Crippen molar-refractivity contribution in [2.45, 2.75) is 46.1 Å². The van der Waals surface area contributed by atoms with Crippen LogP contribution in [-0.2, 0) is 11.3 Å². The molecular weight excluding hydrogens is 338 g/mol. The summed E-state index contributed by atoms with van der Waals surface area (Å²) in [5.74, 6) is 3.23. The van der Waals surface area contributed by atoms with Crippen LogP contribution < -0.4 is 5.32 Å². The van der Waals surface area contributed by atoms with Crippen molar-refractivity contribution in [3.05, 3.63) is 36.2 Å². The molecule has 146 valence electrons. The predicted molar refractivity (Wildman–Crippen MR) is 108 cm³/mol. The smallest absolute Gasteiger partial charge is 0.270 e. The summed E-state index contributed by atoms with van der Waals surface area (Å²) in [6.07, 6.45) is 14.7. The average Bonchev–Trinajstić information content (AvgIpc) is 3.15. The van der Waals surface area contributed by atoms with Crippen molar-refractivity contribution in [1.82, 2.24) is 14.8 Å². The fourth-order valence-corrected chi connectivity index (χ4v) is 3.50. The highest BCUT2D eigenvalue weighted by Gasteiger charge is 2.26. The molecule has 2 amide bonds. The first-order valence-electron chi connectivity index (χ1n) is 9.87. The first-order valence-corrected chi connectivity index (χ1v) is 9.87. The molecule has 0 aliphatic carbocycles. The molecule has 5 nitrogen and oxygen atoms in total. The third kappa shape index (κ3) is 5.75. The van der Waals surface area contributed by atoms with E-state index in [2.05, 4.69) is 11.2 Å². The van der Waals surface area contributed by atoms with Gasteiger partial charge in [-0.3, -0.25) is 9.59 Å². The second-order valence-electron chi connectivity index (χ2n) is 7.12. The molecule has 0 spiro atoms. The van der Waals surface area contributed by atoms with E-state index in [9.17, 15) is 9.59 Å². The Hall–Kier alpha value is -2.48. The van der Waals surface area contributed by atoms with E-state index in [1.807, 2.05) is 53.8 Å². The summed E-state index contributed by atoms with van der Waals surface area (Å²) in [6.45, 7) is 6.56. The maximum atomic E-state index is 12.7. The quantitative estimate of drug-likeness (QED) is 0.565. The Kier molecular flexibility index (Phi) is 8.19. The summed E-state index contributed by atoms with van der Waals surface area (Å²) < 4.78 is 1.81. The number of nitrogens with one attached hydrogen (secondary N) is 1. The molecule has 0 aromatic carbocycles. The molecule has 1 N–H and O–H groups in total. The molecule has 1 atom stereocenters. The van der Waals surface area contributed by atoms with E-state index in [1.54, 1.807) is 0 Å². The molecule has 0 bridgehead atoms. The number of terminal acetylenes is 1. The predicted octanol–water partition coefficient (Wildman–Crippen LogP) is 3.08. The Morgan fingerprint density at radius 1 is 1.41 bits per heavy atom. The molecule has 27 heavy (non-hydrogen) atoms. The van der Waals surface area contributed by atoms with Crippen molar-refractivity contribution in [1.29, 1.82) is 0 Å². The van der Waals surface area contributed by atoms with E-state index >= 15 is 0 Å². The summed E-state index contributed by atoms with van der Waals surface area (Å²) in [5.41, 5.74) is 0.648. The molecular formula is C22H31N3O2. The van der Waals surface area contributed by atoms with Crippen LogP contribution in [0.5, 0.6) is 0 Å². The van der Waals surface area contributed by atoms with Gasteiger partial charge in [-0.2, -0.15) is 0 Å². The highest BCUT2D eigenvalue weighted by atomic mass is 16.2. The summed E-state index contributed by atoms with van der Waals surface area (Å²) >= 11 is 0. The number of allylic oxidation sites excluding steroid dienone is 2. The molecule has 2 heterocycles. The van der Waals surface area contributed by atoms with Gasteiger partial charge in [0.1, 0.15) is 5.69 Å². The normalized spacial score (nSPS) is 16.3. The molecule has 1 unspecified atom stereocenters. The van der Waals surface area contributed by atoms with Crippen molar-refractivity contribution in [2.24, 2.45) is 11.8 Å². The van der Waals surface area contributed by atoms with Gasteiger partial charge in [-0.05, 0) is 50.7 Å². The van der Waals surface area contributed by atoms with E-state index in [-0.39, 0.29) is 17.7 Å². The van der Waals surface area contributed by atoms with Crippen LogP contribution in [0.25, 0.3) is 0 Å². The van der Waals surface area contributed by atoms with Gasteiger partial charge in [0.2, 0.25) is 5.91 Å². The minimum atomic E-state index is 0.0372. The molecule has 1 aliphatic heterocycles. The van der Waals surface area contributed by atoms with Gasteiger partial charge < -0.3 is 14.8 Å². The van der Waals surface area contributed by atoms with Gasteiger partial charge in [0.15, 0.2) is 0 Å². The fraction of sp³-hybridized carbons (Fsp3) is 0.545. The number of carbonyl (C=O) groups excluding carboxylic acids is 2. The lowest BCUT2D eigenvalue weighted by molar-refractivity contribution is -0.125. The third-order valence-electron chi connectivity index (χ3n) is 5.30. The van der Waals surface area contributed by atoms with Crippen molar-refractivity contribution in [2.75, 3.05) is 19.6 Å². The summed E-state index contributed by atoms with van der Waals surface area (Å²) in [5, 5.41) is 3.11. The molecule has 0 radical (unpaired) electrons. The van der Waals surface area contributed by atoms with Crippen LogP contribution in [0.3, 0.4) is 0 Å². The highest BCUT2D eigenvalue weighted by molar-refractivity contribution is 5.92. The number of aromatic nitrogens is 1. The Morgan fingerprint density at radius 3 is 2.78 bits per heavy atom. The Morgan fingerprint density at radius 2 is 2.15 bits per heavy atom. The summed E-state index contributed by atoms with van der Waals surface area (Å²) in [6, 6.07) is 3.67. The van der Waals surface area contributed by atoms with Crippen LogP contribution in [0.1, 0.15) is 50.0 Å². The average molecular weight is 370 g/mol. The number of rotatable bonds is 8. The maximum Gasteiger partial charge on any atom is 0.270 e. The fourth-order valence-electron chi connectivity index (χ4n) is 3.50. The van der Waals surface area contributed by atoms with Crippen molar-refractivity contribution in [3.63, 3.8) is 0 Å². The van der Waals surface area contributed by atoms with Gasteiger partial charge >= 0.3 is 0 Å². The van der Waals surface area contributed by atoms with Gasteiger partial charge in [-0.1, -0.05) is 25.0 Å². The molecule has 1 fully saturated rings. The number of hydrogen-bond donors (Lipinski definition) is 1. The van der Waals surface area contributed by atoms with E-state index in [0.29, 0.717) is 24.7 Å². The van der Waals surface area contributed by atoms with E-state index in [4.69, 9.17) is 6.42 Å². The van der Waals surface area contributed by atoms with E-state index < -0.39 is 0 Å². The van der Waals surface area contributed by atoms with Crippen LogP contribution in [0.2, 0.25) is 0 Å². The van der Waals surface area contributed by atoms with Gasteiger partial charge in [-0.15, -0.1) is 6.42 Å².